The van der Waals surface area contributed by atoms with Crippen LogP contribution in [0.5, 0.6) is 0 Å². The van der Waals surface area contributed by atoms with Gasteiger partial charge >= 0.3 is 299 Å². The van der Waals surface area contributed by atoms with E-state index in [1.165, 1.54) is 173 Å². The van der Waals surface area contributed by atoms with E-state index in [-0.39, 0.29) is 5.75 Å². The van der Waals surface area contributed by atoms with E-state index in [0.717, 1.165) is 69.6 Å². The van der Waals surface area contributed by atoms with Crippen molar-refractivity contribution in [1.29, 1.82) is 0 Å². The van der Waals surface area contributed by atoms with Gasteiger partial charge in [-0.3, -0.25) is 0 Å². The molecule has 0 aromatic carbocycles. The normalized spacial score (nSPS) is 13.2. The fourth-order valence-electron chi connectivity index (χ4n) is 8.11. The SMILES string of the molecule is CCCCCCCCCCCCS(=O)(=O)OP(CCCCCCCC)(CCCCCCCC)(CCCCCCCC)CCCCCCCC. The third-order valence-electron chi connectivity index (χ3n) is 11.4. The Bertz CT molecular complexity index is 708. The molecule has 0 atom stereocenters. The molecule has 0 radical (unpaired) electrons. The first-order chi connectivity index (χ1) is 23.8. The monoisotopic (exact) mass is 733 g/mol. The van der Waals surface area contributed by atoms with E-state index in [2.05, 4.69) is 34.6 Å². The Labute approximate surface area is 311 Å². The summed E-state index contributed by atoms with van der Waals surface area (Å²) in [5.41, 5.74) is 0. The maximum atomic E-state index is 14.2. The molecule has 0 saturated carbocycles. The van der Waals surface area contributed by atoms with Crippen LogP contribution in [0.15, 0.2) is 0 Å². The molecule has 5 heteroatoms. The van der Waals surface area contributed by atoms with Gasteiger partial charge in [0, 0.05) is 0 Å². The molecule has 0 aliphatic carbocycles. The van der Waals surface area contributed by atoms with Crippen molar-refractivity contribution in [2.45, 2.75) is 253 Å². The summed E-state index contributed by atoms with van der Waals surface area (Å²) < 4.78 is 35.5. The van der Waals surface area contributed by atoms with Crippen LogP contribution < -0.4 is 0 Å². The van der Waals surface area contributed by atoms with Crippen molar-refractivity contribution >= 4 is 16.9 Å². The molecular weight excluding hydrogens is 640 g/mol. The predicted molar refractivity (Wildman–Crippen MR) is 227 cm³/mol. The summed E-state index contributed by atoms with van der Waals surface area (Å²) in [7, 11) is -3.55. The summed E-state index contributed by atoms with van der Waals surface area (Å²) in [5, 5.41) is 0. The van der Waals surface area contributed by atoms with Crippen LogP contribution in [0.4, 0.5) is 0 Å². The zero-order valence-electron chi connectivity index (χ0n) is 34.7. The van der Waals surface area contributed by atoms with Crippen LogP contribution in [0.1, 0.15) is 253 Å². The Morgan fingerprint density at radius 2 is 0.510 bits per heavy atom. The summed E-state index contributed by atoms with van der Waals surface area (Å²) in [5.74, 6) is 0.237. The molecule has 0 aromatic heterocycles. The van der Waals surface area contributed by atoms with Gasteiger partial charge in [0.1, 0.15) is 0 Å². The van der Waals surface area contributed by atoms with Gasteiger partial charge in [-0.15, -0.1) is 0 Å². The van der Waals surface area contributed by atoms with Gasteiger partial charge in [-0.05, 0) is 0 Å². The quantitative estimate of drug-likeness (QED) is 0.0464. The third kappa shape index (κ3) is 28.5. The van der Waals surface area contributed by atoms with Gasteiger partial charge in [-0.2, -0.15) is 0 Å². The van der Waals surface area contributed by atoms with E-state index in [4.69, 9.17) is 3.97 Å². The Morgan fingerprint density at radius 1 is 0.306 bits per heavy atom. The fourth-order valence-corrected chi connectivity index (χ4v) is 18.2. The Kier molecular flexibility index (Phi) is 34.4. The Hall–Kier alpha value is 0.340. The molecule has 0 spiro atoms. The maximum absolute atomic E-state index is 14.2. The molecule has 0 heterocycles. The second-order valence-electron chi connectivity index (χ2n) is 16.3. The van der Waals surface area contributed by atoms with E-state index >= 15 is 0 Å². The Balaban J connectivity index is 5.98. The van der Waals surface area contributed by atoms with Crippen molar-refractivity contribution in [3.63, 3.8) is 0 Å². The molecular formula is C44H93O3PS. The van der Waals surface area contributed by atoms with Crippen LogP contribution in [0.3, 0.4) is 0 Å². The average Bonchev–Trinajstić information content (AvgIpc) is 3.08. The molecule has 0 aliphatic rings. The molecule has 0 saturated heterocycles. The van der Waals surface area contributed by atoms with E-state index < -0.39 is 16.9 Å². The van der Waals surface area contributed by atoms with E-state index in [9.17, 15) is 8.42 Å². The van der Waals surface area contributed by atoms with Gasteiger partial charge in [-0.25, -0.2) is 0 Å². The zero-order valence-corrected chi connectivity index (χ0v) is 36.4. The summed E-state index contributed by atoms with van der Waals surface area (Å²) in [6, 6.07) is 0. The minimum atomic E-state index is -3.55. The first-order valence-corrected chi connectivity index (χ1v) is 27.2. The van der Waals surface area contributed by atoms with Crippen LogP contribution in [0.2, 0.25) is 0 Å². The average molecular weight is 733 g/mol. The molecule has 0 bridgehead atoms. The minimum absolute atomic E-state index is 0.237. The Morgan fingerprint density at radius 3 is 0.755 bits per heavy atom. The summed E-state index contributed by atoms with van der Waals surface area (Å²) >= 11 is 0. The third-order valence-corrected chi connectivity index (χ3v) is 20.6. The molecule has 49 heavy (non-hydrogen) atoms. The van der Waals surface area contributed by atoms with Crippen LogP contribution in [-0.2, 0) is 14.1 Å². The fraction of sp³-hybridized carbons (Fsp3) is 1.00. The van der Waals surface area contributed by atoms with E-state index in [1.807, 2.05) is 0 Å². The number of rotatable bonds is 41. The van der Waals surface area contributed by atoms with Crippen molar-refractivity contribution < 1.29 is 12.4 Å². The first kappa shape index (κ1) is 49.3. The van der Waals surface area contributed by atoms with Gasteiger partial charge in [0.05, 0.1) is 0 Å². The van der Waals surface area contributed by atoms with Crippen molar-refractivity contribution in [2.75, 3.05) is 30.4 Å². The predicted octanol–water partition coefficient (Wildman–Crippen LogP) is 16.2. The van der Waals surface area contributed by atoms with Crippen LogP contribution in [0, 0.1) is 0 Å². The van der Waals surface area contributed by atoms with Gasteiger partial charge in [0.2, 0.25) is 0 Å². The van der Waals surface area contributed by atoms with Crippen LogP contribution in [0.25, 0.3) is 0 Å². The number of hydrogen-bond donors (Lipinski definition) is 0. The summed E-state index contributed by atoms with van der Waals surface area (Å²) in [6.45, 7) is 8.49. The molecule has 0 aliphatic heterocycles. The second-order valence-corrected chi connectivity index (χ2v) is 24.0. The molecule has 3 nitrogen and oxygen atoms in total. The van der Waals surface area contributed by atoms with Crippen molar-refractivity contribution in [1.82, 2.24) is 0 Å². The second kappa shape index (κ2) is 34.1. The van der Waals surface area contributed by atoms with Gasteiger partial charge in [0.25, 0.3) is 0 Å². The topological polar surface area (TPSA) is 43.4 Å². The molecule has 0 aromatic rings. The van der Waals surface area contributed by atoms with Gasteiger partial charge < -0.3 is 0 Å². The summed E-state index contributed by atoms with van der Waals surface area (Å²) in [4.78, 5) is 0. The number of hydrogen-bond acceptors (Lipinski definition) is 3. The van der Waals surface area contributed by atoms with Crippen LogP contribution in [-0.4, -0.2) is 38.8 Å². The van der Waals surface area contributed by atoms with Crippen molar-refractivity contribution in [3.8, 4) is 0 Å². The van der Waals surface area contributed by atoms with E-state index in [1.54, 1.807) is 0 Å². The first-order valence-electron chi connectivity index (χ1n) is 22.8. The molecule has 0 rings (SSSR count). The van der Waals surface area contributed by atoms with E-state index in [0.29, 0.717) is 0 Å². The standard InChI is InChI=1S/C44H93O3PS/c1-6-11-16-21-26-27-28-29-34-39-44-49(45,46)47-48(40-35-30-22-17-12-7-2,41-36-31-23-18-13-8-3,42-37-32-24-19-14-9-4)43-38-33-25-20-15-10-5/h6-44H2,1-5H3. The van der Waals surface area contributed by atoms with Crippen LogP contribution >= 0.6 is 6.83 Å². The molecule has 0 unspecified atom stereocenters. The van der Waals surface area contributed by atoms with Crippen molar-refractivity contribution in [2.24, 2.45) is 0 Å². The molecule has 0 fully saturated rings. The zero-order chi connectivity index (χ0) is 36.2. The van der Waals surface area contributed by atoms with Crippen molar-refractivity contribution in [3.05, 3.63) is 0 Å². The van der Waals surface area contributed by atoms with Gasteiger partial charge in [-0.1, -0.05) is 13.3 Å². The molecule has 0 N–H and O–H groups in total. The number of unbranched alkanes of at least 4 members (excludes halogenated alkanes) is 29. The molecule has 0 amide bonds. The van der Waals surface area contributed by atoms with Gasteiger partial charge in [0.15, 0.2) is 0 Å². The molecule has 298 valence electrons. The summed E-state index contributed by atoms with van der Waals surface area (Å²) in [6.07, 6.45) is 46.9.